The molecule has 0 aliphatic rings. The highest BCUT2D eigenvalue weighted by molar-refractivity contribution is 5.21. The molecular weight excluding hydrogens is 234 g/mol. The van der Waals surface area contributed by atoms with Gasteiger partial charge in [-0.25, -0.2) is 0 Å². The maximum atomic E-state index is 5.59. The lowest BCUT2D eigenvalue weighted by Crippen LogP contribution is -2.15. The molecule has 0 radical (unpaired) electrons. The number of hydrogen-bond donors (Lipinski definition) is 1. The third-order valence-electron chi connectivity index (χ3n) is 3.07. The Morgan fingerprint density at radius 2 is 1.63 bits per heavy atom. The lowest BCUT2D eigenvalue weighted by Gasteiger charge is -2.09. The van der Waals surface area contributed by atoms with Gasteiger partial charge in [0.1, 0.15) is 0 Å². The molecule has 1 aromatic rings. The van der Waals surface area contributed by atoms with Crippen molar-refractivity contribution in [1.82, 2.24) is 5.32 Å². The quantitative estimate of drug-likeness (QED) is 0.676. The Morgan fingerprint density at radius 1 is 1.00 bits per heavy atom. The Morgan fingerprint density at radius 3 is 2.21 bits per heavy atom. The van der Waals surface area contributed by atoms with Gasteiger partial charge in [0.25, 0.3) is 0 Å². The molecule has 0 aromatic heterocycles. The van der Waals surface area contributed by atoms with Crippen molar-refractivity contribution in [2.24, 2.45) is 5.92 Å². The molecule has 0 bridgehead atoms. The van der Waals surface area contributed by atoms with Gasteiger partial charge in [-0.2, -0.15) is 0 Å². The first-order chi connectivity index (χ1) is 9.08. The van der Waals surface area contributed by atoms with Crippen LogP contribution in [0.2, 0.25) is 0 Å². The van der Waals surface area contributed by atoms with Gasteiger partial charge in [0.05, 0.1) is 12.7 Å². The van der Waals surface area contributed by atoms with E-state index in [2.05, 4.69) is 57.3 Å². The molecule has 19 heavy (non-hydrogen) atoms. The molecular formula is C17H29NO. The van der Waals surface area contributed by atoms with E-state index < -0.39 is 0 Å². The minimum absolute atomic E-state index is 0.294. The summed E-state index contributed by atoms with van der Waals surface area (Å²) in [7, 11) is 0. The second-order valence-corrected chi connectivity index (χ2v) is 5.89. The Balaban J connectivity index is 2.20. The SMILES string of the molecule is CC(C)CCCNCc1ccc(COC(C)C)cc1. The van der Waals surface area contributed by atoms with Crippen LogP contribution in [0, 0.1) is 5.92 Å². The molecule has 2 nitrogen and oxygen atoms in total. The van der Waals surface area contributed by atoms with Gasteiger partial charge in [0, 0.05) is 6.54 Å². The van der Waals surface area contributed by atoms with Crippen molar-refractivity contribution >= 4 is 0 Å². The van der Waals surface area contributed by atoms with Crippen molar-refractivity contribution in [3.63, 3.8) is 0 Å². The van der Waals surface area contributed by atoms with Crippen molar-refractivity contribution in [2.45, 2.75) is 59.8 Å². The van der Waals surface area contributed by atoms with Gasteiger partial charge in [-0.05, 0) is 50.3 Å². The van der Waals surface area contributed by atoms with Crippen LogP contribution in [0.25, 0.3) is 0 Å². The van der Waals surface area contributed by atoms with Crippen LogP contribution in [-0.4, -0.2) is 12.6 Å². The van der Waals surface area contributed by atoms with Gasteiger partial charge >= 0.3 is 0 Å². The van der Waals surface area contributed by atoms with Crippen molar-refractivity contribution in [1.29, 1.82) is 0 Å². The molecule has 0 heterocycles. The van der Waals surface area contributed by atoms with E-state index in [0.29, 0.717) is 12.7 Å². The van der Waals surface area contributed by atoms with Crippen LogP contribution in [-0.2, 0) is 17.9 Å². The van der Waals surface area contributed by atoms with Crippen molar-refractivity contribution < 1.29 is 4.74 Å². The Hall–Kier alpha value is -0.860. The number of benzene rings is 1. The molecule has 108 valence electrons. The first kappa shape index (κ1) is 16.2. The first-order valence-electron chi connectivity index (χ1n) is 7.48. The molecule has 0 unspecified atom stereocenters. The maximum absolute atomic E-state index is 5.59. The summed E-state index contributed by atoms with van der Waals surface area (Å²) < 4.78 is 5.59. The van der Waals surface area contributed by atoms with Crippen LogP contribution < -0.4 is 5.32 Å². The van der Waals surface area contributed by atoms with E-state index in [9.17, 15) is 0 Å². The monoisotopic (exact) mass is 263 g/mol. The van der Waals surface area contributed by atoms with E-state index in [1.54, 1.807) is 0 Å². The molecule has 1 aromatic carbocycles. The summed E-state index contributed by atoms with van der Waals surface area (Å²) >= 11 is 0. The lowest BCUT2D eigenvalue weighted by atomic mass is 10.1. The lowest BCUT2D eigenvalue weighted by molar-refractivity contribution is 0.0657. The molecule has 1 N–H and O–H groups in total. The van der Waals surface area contributed by atoms with E-state index in [0.717, 1.165) is 19.0 Å². The van der Waals surface area contributed by atoms with E-state index in [1.165, 1.54) is 24.0 Å². The molecule has 0 fully saturated rings. The predicted octanol–water partition coefficient (Wildman–Crippen LogP) is 4.14. The van der Waals surface area contributed by atoms with Crippen LogP contribution in [0.1, 0.15) is 51.7 Å². The zero-order valence-corrected chi connectivity index (χ0v) is 12.9. The average molecular weight is 263 g/mol. The highest BCUT2D eigenvalue weighted by atomic mass is 16.5. The standard InChI is InChI=1S/C17H29NO/c1-14(2)6-5-11-18-12-16-7-9-17(10-8-16)13-19-15(3)4/h7-10,14-15,18H,5-6,11-13H2,1-4H3. The van der Waals surface area contributed by atoms with Gasteiger partial charge in [0.2, 0.25) is 0 Å². The van der Waals surface area contributed by atoms with Gasteiger partial charge in [-0.3, -0.25) is 0 Å². The summed E-state index contributed by atoms with van der Waals surface area (Å²) in [6.45, 7) is 11.5. The molecule has 0 aliphatic heterocycles. The first-order valence-corrected chi connectivity index (χ1v) is 7.48. The summed E-state index contributed by atoms with van der Waals surface area (Å²) in [6.07, 6.45) is 2.86. The zero-order valence-electron chi connectivity index (χ0n) is 12.9. The molecule has 0 spiro atoms. The van der Waals surface area contributed by atoms with E-state index >= 15 is 0 Å². The van der Waals surface area contributed by atoms with Gasteiger partial charge in [0.15, 0.2) is 0 Å². The summed E-state index contributed by atoms with van der Waals surface area (Å²) in [5.74, 6) is 0.807. The fourth-order valence-electron chi connectivity index (χ4n) is 1.88. The topological polar surface area (TPSA) is 21.3 Å². The van der Waals surface area contributed by atoms with Crippen LogP contribution in [0.5, 0.6) is 0 Å². The summed E-state index contributed by atoms with van der Waals surface area (Å²) in [5, 5.41) is 3.50. The fraction of sp³-hybridized carbons (Fsp3) is 0.647. The summed E-state index contributed by atoms with van der Waals surface area (Å²) in [4.78, 5) is 0. The minimum atomic E-state index is 0.294. The maximum Gasteiger partial charge on any atom is 0.0720 e. The second-order valence-electron chi connectivity index (χ2n) is 5.89. The Bertz CT molecular complexity index is 330. The minimum Gasteiger partial charge on any atom is -0.374 e. The number of nitrogens with one attached hydrogen (secondary N) is 1. The largest absolute Gasteiger partial charge is 0.374 e. The Kier molecular flexibility index (Phi) is 7.76. The molecule has 0 saturated carbocycles. The smallest absolute Gasteiger partial charge is 0.0720 e. The summed E-state index contributed by atoms with van der Waals surface area (Å²) in [6, 6.07) is 8.70. The van der Waals surface area contributed by atoms with Crippen LogP contribution in [0.4, 0.5) is 0 Å². The molecule has 2 heteroatoms. The zero-order chi connectivity index (χ0) is 14.1. The van der Waals surface area contributed by atoms with E-state index in [4.69, 9.17) is 4.74 Å². The van der Waals surface area contributed by atoms with E-state index in [-0.39, 0.29) is 0 Å². The number of rotatable bonds is 9. The van der Waals surface area contributed by atoms with E-state index in [1.807, 2.05) is 0 Å². The number of hydrogen-bond acceptors (Lipinski definition) is 2. The van der Waals surface area contributed by atoms with Crippen molar-refractivity contribution in [3.05, 3.63) is 35.4 Å². The predicted molar refractivity (Wildman–Crippen MR) is 82.1 cm³/mol. The molecule has 1 rings (SSSR count). The third kappa shape index (κ3) is 8.02. The molecule has 0 saturated heterocycles. The Labute approximate surface area is 118 Å². The van der Waals surface area contributed by atoms with Crippen LogP contribution >= 0.6 is 0 Å². The van der Waals surface area contributed by atoms with Crippen LogP contribution in [0.3, 0.4) is 0 Å². The number of ether oxygens (including phenoxy) is 1. The van der Waals surface area contributed by atoms with Crippen LogP contribution in [0.15, 0.2) is 24.3 Å². The average Bonchev–Trinajstić information content (AvgIpc) is 2.37. The highest BCUT2D eigenvalue weighted by Crippen LogP contribution is 2.07. The third-order valence-corrected chi connectivity index (χ3v) is 3.07. The van der Waals surface area contributed by atoms with Gasteiger partial charge in [-0.15, -0.1) is 0 Å². The molecule has 0 aliphatic carbocycles. The molecule has 0 atom stereocenters. The molecule has 0 amide bonds. The normalized spacial score (nSPS) is 11.5. The van der Waals surface area contributed by atoms with Crippen molar-refractivity contribution in [2.75, 3.05) is 6.54 Å². The highest BCUT2D eigenvalue weighted by Gasteiger charge is 1.98. The van der Waals surface area contributed by atoms with Gasteiger partial charge in [-0.1, -0.05) is 38.1 Å². The summed E-state index contributed by atoms with van der Waals surface area (Å²) in [5.41, 5.74) is 2.59. The fourth-order valence-corrected chi connectivity index (χ4v) is 1.88. The van der Waals surface area contributed by atoms with Crippen molar-refractivity contribution in [3.8, 4) is 0 Å². The second kappa shape index (κ2) is 9.11. The van der Waals surface area contributed by atoms with Gasteiger partial charge < -0.3 is 10.1 Å².